The van der Waals surface area contributed by atoms with Crippen molar-refractivity contribution < 1.29 is 0 Å². The lowest BCUT2D eigenvalue weighted by molar-refractivity contribution is 0.212. The van der Waals surface area contributed by atoms with E-state index < -0.39 is 0 Å². The van der Waals surface area contributed by atoms with Crippen molar-refractivity contribution in [3.8, 4) is 0 Å². The first kappa shape index (κ1) is 16.0. The molecule has 0 aromatic rings. The van der Waals surface area contributed by atoms with E-state index in [2.05, 4.69) is 44.8 Å². The van der Waals surface area contributed by atoms with Crippen molar-refractivity contribution >= 4 is 0 Å². The molecule has 0 aromatic carbocycles. The maximum Gasteiger partial charge on any atom is 0.0221 e. The Kier molecular flexibility index (Phi) is 7.25. The van der Waals surface area contributed by atoms with Gasteiger partial charge in [0.1, 0.15) is 0 Å². The van der Waals surface area contributed by atoms with Gasteiger partial charge >= 0.3 is 0 Å². The summed E-state index contributed by atoms with van der Waals surface area (Å²) in [5.74, 6) is 2.49. The predicted octanol–water partition coefficient (Wildman–Crippen LogP) is 3.38. The molecule has 2 nitrogen and oxygen atoms in total. The van der Waals surface area contributed by atoms with Crippen LogP contribution in [-0.4, -0.2) is 37.1 Å². The van der Waals surface area contributed by atoms with Crippen LogP contribution in [0.15, 0.2) is 0 Å². The molecular formula is C16H34N2. The van der Waals surface area contributed by atoms with Gasteiger partial charge in [-0.05, 0) is 56.7 Å². The second-order valence-corrected chi connectivity index (χ2v) is 6.99. The summed E-state index contributed by atoms with van der Waals surface area (Å²) < 4.78 is 0. The van der Waals surface area contributed by atoms with Crippen LogP contribution in [0.2, 0.25) is 0 Å². The Hall–Kier alpha value is -0.0800. The van der Waals surface area contributed by atoms with Crippen molar-refractivity contribution in [3.05, 3.63) is 0 Å². The van der Waals surface area contributed by atoms with E-state index in [4.69, 9.17) is 0 Å². The SMILES string of the molecule is CC(C)CCN(CCC(C)C)CC1NCCC1C. The molecule has 1 rings (SSSR count). The van der Waals surface area contributed by atoms with Gasteiger partial charge in [-0.15, -0.1) is 0 Å². The fraction of sp³-hybridized carbons (Fsp3) is 1.00. The van der Waals surface area contributed by atoms with Gasteiger partial charge in [0.05, 0.1) is 0 Å². The summed E-state index contributed by atoms with van der Waals surface area (Å²) in [5.41, 5.74) is 0. The molecule has 2 unspecified atom stereocenters. The summed E-state index contributed by atoms with van der Waals surface area (Å²) in [5, 5.41) is 3.67. The monoisotopic (exact) mass is 254 g/mol. The Morgan fingerprint density at radius 2 is 1.61 bits per heavy atom. The van der Waals surface area contributed by atoms with Crippen LogP contribution in [-0.2, 0) is 0 Å². The molecule has 0 saturated carbocycles. The second-order valence-electron chi connectivity index (χ2n) is 6.99. The lowest BCUT2D eigenvalue weighted by atomic mass is 10.0. The molecule has 0 amide bonds. The van der Waals surface area contributed by atoms with E-state index in [1.165, 1.54) is 45.4 Å². The molecule has 1 aliphatic rings. The van der Waals surface area contributed by atoms with Crippen molar-refractivity contribution in [3.63, 3.8) is 0 Å². The quantitative estimate of drug-likeness (QED) is 0.714. The molecule has 108 valence electrons. The van der Waals surface area contributed by atoms with Crippen LogP contribution in [0.3, 0.4) is 0 Å². The van der Waals surface area contributed by atoms with Gasteiger partial charge in [0.15, 0.2) is 0 Å². The fourth-order valence-electron chi connectivity index (χ4n) is 2.60. The number of nitrogens with one attached hydrogen (secondary N) is 1. The highest BCUT2D eigenvalue weighted by molar-refractivity contribution is 4.83. The average molecular weight is 254 g/mol. The second kappa shape index (κ2) is 8.16. The van der Waals surface area contributed by atoms with Gasteiger partial charge in [-0.2, -0.15) is 0 Å². The van der Waals surface area contributed by atoms with E-state index in [1.54, 1.807) is 0 Å². The van der Waals surface area contributed by atoms with Crippen LogP contribution in [0.1, 0.15) is 53.9 Å². The summed E-state index contributed by atoms with van der Waals surface area (Å²) in [6, 6.07) is 0.726. The molecule has 1 N–H and O–H groups in total. The van der Waals surface area contributed by atoms with Gasteiger partial charge in [0, 0.05) is 12.6 Å². The molecule has 2 heteroatoms. The van der Waals surface area contributed by atoms with Gasteiger partial charge in [-0.3, -0.25) is 0 Å². The largest absolute Gasteiger partial charge is 0.312 e. The van der Waals surface area contributed by atoms with E-state index in [-0.39, 0.29) is 0 Å². The van der Waals surface area contributed by atoms with E-state index in [0.29, 0.717) is 0 Å². The van der Waals surface area contributed by atoms with E-state index in [0.717, 1.165) is 23.8 Å². The maximum atomic E-state index is 3.67. The van der Waals surface area contributed by atoms with Crippen molar-refractivity contribution in [2.45, 2.75) is 59.9 Å². The molecule has 0 radical (unpaired) electrons. The Morgan fingerprint density at radius 3 is 2.00 bits per heavy atom. The Morgan fingerprint density at radius 1 is 1.06 bits per heavy atom. The normalized spacial score (nSPS) is 24.7. The highest BCUT2D eigenvalue weighted by atomic mass is 15.2. The highest BCUT2D eigenvalue weighted by Crippen LogP contribution is 2.16. The molecule has 18 heavy (non-hydrogen) atoms. The summed E-state index contributed by atoms with van der Waals surface area (Å²) in [6.45, 7) is 16.7. The summed E-state index contributed by atoms with van der Waals surface area (Å²) >= 11 is 0. The topological polar surface area (TPSA) is 15.3 Å². The Labute approximate surface area is 115 Å². The Balaban J connectivity index is 2.37. The molecular weight excluding hydrogens is 220 g/mol. The number of hydrogen-bond donors (Lipinski definition) is 1. The number of nitrogens with zero attached hydrogens (tertiary/aromatic N) is 1. The maximum absolute atomic E-state index is 3.67. The third-order valence-corrected chi connectivity index (χ3v) is 4.19. The average Bonchev–Trinajstić information content (AvgIpc) is 2.68. The van der Waals surface area contributed by atoms with Crippen molar-refractivity contribution in [2.24, 2.45) is 17.8 Å². The molecule has 1 saturated heterocycles. The standard InChI is InChI=1S/C16H34N2/c1-13(2)7-10-18(11-8-14(3)4)12-16-15(5)6-9-17-16/h13-17H,6-12H2,1-5H3. The lowest BCUT2D eigenvalue weighted by Crippen LogP contribution is -2.41. The van der Waals surface area contributed by atoms with E-state index in [1.807, 2.05) is 0 Å². The van der Waals surface area contributed by atoms with Gasteiger partial charge in [-0.1, -0.05) is 34.6 Å². The minimum absolute atomic E-state index is 0.726. The van der Waals surface area contributed by atoms with E-state index in [9.17, 15) is 0 Å². The van der Waals surface area contributed by atoms with Crippen LogP contribution in [0.25, 0.3) is 0 Å². The smallest absolute Gasteiger partial charge is 0.0221 e. The van der Waals surface area contributed by atoms with Gasteiger partial charge in [0.2, 0.25) is 0 Å². The van der Waals surface area contributed by atoms with Crippen molar-refractivity contribution in [1.82, 2.24) is 10.2 Å². The first-order chi connectivity index (χ1) is 8.49. The fourth-order valence-corrected chi connectivity index (χ4v) is 2.60. The third-order valence-electron chi connectivity index (χ3n) is 4.19. The summed E-state index contributed by atoms with van der Waals surface area (Å²) in [7, 11) is 0. The third kappa shape index (κ3) is 6.19. The molecule has 1 fully saturated rings. The van der Waals surface area contributed by atoms with Crippen LogP contribution in [0.4, 0.5) is 0 Å². The zero-order chi connectivity index (χ0) is 13.5. The van der Waals surface area contributed by atoms with Crippen LogP contribution in [0.5, 0.6) is 0 Å². The molecule has 1 aliphatic heterocycles. The molecule has 0 bridgehead atoms. The predicted molar refractivity (Wildman–Crippen MR) is 80.9 cm³/mol. The highest BCUT2D eigenvalue weighted by Gasteiger charge is 2.24. The Bertz CT molecular complexity index is 201. The minimum Gasteiger partial charge on any atom is -0.312 e. The minimum atomic E-state index is 0.726. The zero-order valence-corrected chi connectivity index (χ0v) is 13.2. The van der Waals surface area contributed by atoms with Crippen molar-refractivity contribution in [2.75, 3.05) is 26.2 Å². The van der Waals surface area contributed by atoms with Crippen LogP contribution >= 0.6 is 0 Å². The number of hydrogen-bond acceptors (Lipinski definition) is 2. The molecule has 0 spiro atoms. The molecule has 0 aliphatic carbocycles. The summed E-state index contributed by atoms with van der Waals surface area (Å²) in [6.07, 6.45) is 4.02. The first-order valence-corrected chi connectivity index (χ1v) is 7.94. The number of rotatable bonds is 8. The van der Waals surface area contributed by atoms with E-state index >= 15 is 0 Å². The van der Waals surface area contributed by atoms with Gasteiger partial charge in [0.25, 0.3) is 0 Å². The van der Waals surface area contributed by atoms with Crippen LogP contribution < -0.4 is 5.32 Å². The molecule has 2 atom stereocenters. The summed E-state index contributed by atoms with van der Waals surface area (Å²) in [4.78, 5) is 2.69. The van der Waals surface area contributed by atoms with Gasteiger partial charge < -0.3 is 10.2 Å². The molecule has 1 heterocycles. The zero-order valence-electron chi connectivity index (χ0n) is 13.2. The lowest BCUT2D eigenvalue weighted by Gasteiger charge is -2.28. The van der Waals surface area contributed by atoms with Crippen molar-refractivity contribution in [1.29, 1.82) is 0 Å². The molecule has 0 aromatic heterocycles. The van der Waals surface area contributed by atoms with Crippen LogP contribution in [0, 0.1) is 17.8 Å². The first-order valence-electron chi connectivity index (χ1n) is 7.94. The van der Waals surface area contributed by atoms with Gasteiger partial charge in [-0.25, -0.2) is 0 Å².